The Kier molecular flexibility index (Phi) is 7.38. The van der Waals surface area contributed by atoms with E-state index >= 15 is 0 Å². The van der Waals surface area contributed by atoms with Crippen molar-refractivity contribution >= 4 is 17.7 Å². The molecule has 196 valence electrons. The minimum atomic E-state index is -0.0814. The molecule has 0 aliphatic carbocycles. The lowest BCUT2D eigenvalue weighted by Crippen LogP contribution is -2.41. The molecule has 2 fully saturated rings. The number of rotatable bonds is 5. The van der Waals surface area contributed by atoms with Crippen LogP contribution in [-0.2, 0) is 16.0 Å². The largest absolute Gasteiger partial charge is 0.475 e. The number of nitrogens with one attached hydrogen (secondary N) is 1. The second-order valence-corrected chi connectivity index (χ2v) is 10.1. The van der Waals surface area contributed by atoms with Crippen LogP contribution in [-0.4, -0.2) is 62.8 Å². The third-order valence-corrected chi connectivity index (χ3v) is 7.07. The zero-order valence-electron chi connectivity index (χ0n) is 21.8. The zero-order valence-corrected chi connectivity index (χ0v) is 21.8. The summed E-state index contributed by atoms with van der Waals surface area (Å²) < 4.78 is 15.9. The van der Waals surface area contributed by atoms with E-state index in [4.69, 9.17) is 25.2 Å². The number of aromatic nitrogens is 4. The molecule has 1 spiro atoms. The highest BCUT2D eigenvalue weighted by molar-refractivity contribution is 5.94. The summed E-state index contributed by atoms with van der Waals surface area (Å²) in [5.41, 5.74) is 9.32. The van der Waals surface area contributed by atoms with E-state index < -0.39 is 0 Å². The zero-order chi connectivity index (χ0) is 25.8. The average molecular weight is 505 g/mol. The van der Waals surface area contributed by atoms with Gasteiger partial charge in [0.1, 0.15) is 11.9 Å². The van der Waals surface area contributed by atoms with Crippen molar-refractivity contribution in [2.24, 2.45) is 9.98 Å². The van der Waals surface area contributed by atoms with Gasteiger partial charge < -0.3 is 20.5 Å². The Morgan fingerprint density at radius 2 is 2.05 bits per heavy atom. The van der Waals surface area contributed by atoms with E-state index in [0.717, 1.165) is 49.2 Å². The standard InChI is InChI=1S/C27H36N8O2/c1-19(2)23-17-32-35(25(23)28)26(30-16-21-7-4-5-8-24(21)34-14-6-11-31-34)33-20(3)37-22-15-27(36-18-22)9-12-29-13-10-27/h4-8,11,14,17,19,22,29H,9-10,12-13,15-16,18,28H2,1-3H3. The van der Waals surface area contributed by atoms with Gasteiger partial charge in [0.15, 0.2) is 5.90 Å². The number of benzene rings is 1. The average Bonchev–Trinajstić information content (AvgIpc) is 3.64. The molecular formula is C27H36N8O2. The number of nitrogens with zero attached hydrogens (tertiary/aromatic N) is 6. The van der Waals surface area contributed by atoms with Crippen LogP contribution in [0, 0.1) is 0 Å². The van der Waals surface area contributed by atoms with Gasteiger partial charge in [-0.2, -0.15) is 19.9 Å². The van der Waals surface area contributed by atoms with E-state index in [1.54, 1.807) is 17.1 Å². The number of hydrogen-bond donors (Lipinski definition) is 2. The van der Waals surface area contributed by atoms with Crippen molar-refractivity contribution in [2.75, 3.05) is 25.4 Å². The van der Waals surface area contributed by atoms with Crippen LogP contribution in [0.1, 0.15) is 57.1 Å². The van der Waals surface area contributed by atoms with Crippen molar-refractivity contribution in [3.05, 3.63) is 60.0 Å². The number of hydrogen-bond acceptors (Lipinski definition) is 7. The van der Waals surface area contributed by atoms with Crippen LogP contribution >= 0.6 is 0 Å². The summed E-state index contributed by atoms with van der Waals surface area (Å²) >= 11 is 0. The molecule has 2 aromatic heterocycles. The molecule has 10 nitrogen and oxygen atoms in total. The van der Waals surface area contributed by atoms with Gasteiger partial charge in [0, 0.05) is 31.3 Å². The smallest absolute Gasteiger partial charge is 0.251 e. The molecule has 3 N–H and O–H groups in total. The normalized spacial score (nSPS) is 20.2. The van der Waals surface area contributed by atoms with E-state index in [1.165, 1.54) is 0 Å². The Hall–Kier alpha value is -3.50. The summed E-state index contributed by atoms with van der Waals surface area (Å²) in [6.45, 7) is 8.93. The molecule has 0 radical (unpaired) electrons. The second kappa shape index (κ2) is 10.9. The van der Waals surface area contributed by atoms with Crippen molar-refractivity contribution in [3.63, 3.8) is 0 Å². The molecule has 2 saturated heterocycles. The van der Waals surface area contributed by atoms with Crippen molar-refractivity contribution in [3.8, 4) is 5.69 Å². The molecule has 0 saturated carbocycles. The second-order valence-electron chi connectivity index (χ2n) is 10.1. The fraction of sp³-hybridized carbons (Fsp3) is 0.481. The lowest BCUT2D eigenvalue weighted by atomic mass is 9.89. The summed E-state index contributed by atoms with van der Waals surface area (Å²) in [5, 5.41) is 12.3. The predicted molar refractivity (Wildman–Crippen MR) is 144 cm³/mol. The first-order valence-electron chi connectivity index (χ1n) is 13.0. The molecular weight excluding hydrogens is 468 g/mol. The van der Waals surface area contributed by atoms with Crippen LogP contribution in [0.2, 0.25) is 0 Å². The first kappa shape index (κ1) is 25.2. The molecule has 10 heteroatoms. The fourth-order valence-corrected chi connectivity index (χ4v) is 5.08. The quantitative estimate of drug-likeness (QED) is 0.406. The molecule has 0 bridgehead atoms. The van der Waals surface area contributed by atoms with Crippen LogP contribution in [0.3, 0.4) is 0 Å². The van der Waals surface area contributed by atoms with Crippen molar-refractivity contribution in [2.45, 2.75) is 64.2 Å². The van der Waals surface area contributed by atoms with E-state index in [1.807, 2.05) is 48.1 Å². The van der Waals surface area contributed by atoms with Gasteiger partial charge in [0.2, 0.25) is 0 Å². The van der Waals surface area contributed by atoms with Crippen LogP contribution < -0.4 is 11.1 Å². The summed E-state index contributed by atoms with van der Waals surface area (Å²) in [4.78, 5) is 9.61. The monoisotopic (exact) mass is 504 g/mol. The SMILES string of the molecule is CC(=NC(=NCc1ccccc1-n1cccn1)n1ncc(C(C)C)c1N)OC1COC2(CCNCC2)C1. The number of ether oxygens (including phenoxy) is 2. The molecule has 1 aromatic carbocycles. The van der Waals surface area contributed by atoms with Gasteiger partial charge in [-0.1, -0.05) is 32.0 Å². The highest BCUT2D eigenvalue weighted by atomic mass is 16.6. The minimum Gasteiger partial charge on any atom is -0.475 e. The topological polar surface area (TPSA) is 117 Å². The molecule has 4 heterocycles. The van der Waals surface area contributed by atoms with Gasteiger partial charge in [-0.25, -0.2) is 9.67 Å². The Balaban J connectivity index is 1.41. The first-order chi connectivity index (χ1) is 17.9. The van der Waals surface area contributed by atoms with Gasteiger partial charge in [-0.3, -0.25) is 0 Å². The van der Waals surface area contributed by atoms with Gasteiger partial charge in [-0.05, 0) is 49.5 Å². The molecule has 1 atom stereocenters. The Morgan fingerprint density at radius 3 is 2.78 bits per heavy atom. The number of aliphatic imine (C=N–C) groups is 2. The lowest BCUT2D eigenvalue weighted by molar-refractivity contribution is -0.0207. The maximum Gasteiger partial charge on any atom is 0.251 e. The van der Waals surface area contributed by atoms with Crippen molar-refractivity contribution in [1.29, 1.82) is 0 Å². The number of piperidine rings is 1. The Morgan fingerprint density at radius 1 is 1.24 bits per heavy atom. The van der Waals surface area contributed by atoms with E-state index in [9.17, 15) is 0 Å². The fourth-order valence-electron chi connectivity index (χ4n) is 5.08. The molecule has 37 heavy (non-hydrogen) atoms. The Bertz CT molecular complexity index is 1260. The van der Waals surface area contributed by atoms with Crippen LogP contribution in [0.4, 0.5) is 5.82 Å². The third kappa shape index (κ3) is 5.60. The van der Waals surface area contributed by atoms with Crippen LogP contribution in [0.5, 0.6) is 0 Å². The van der Waals surface area contributed by atoms with Gasteiger partial charge in [-0.15, -0.1) is 0 Å². The van der Waals surface area contributed by atoms with Crippen molar-refractivity contribution in [1.82, 2.24) is 24.9 Å². The maximum atomic E-state index is 6.48. The Labute approximate surface area is 217 Å². The minimum absolute atomic E-state index is 0.0372. The van der Waals surface area contributed by atoms with Crippen LogP contribution in [0.15, 0.2) is 58.9 Å². The van der Waals surface area contributed by atoms with Crippen molar-refractivity contribution < 1.29 is 9.47 Å². The molecule has 1 unspecified atom stereocenters. The molecule has 3 aromatic rings. The van der Waals surface area contributed by atoms with Gasteiger partial charge in [0.25, 0.3) is 5.96 Å². The van der Waals surface area contributed by atoms with E-state index in [2.05, 4.69) is 29.4 Å². The van der Waals surface area contributed by atoms with Gasteiger partial charge >= 0.3 is 0 Å². The molecule has 0 amide bonds. The molecule has 5 rings (SSSR count). The number of para-hydroxylation sites is 1. The summed E-state index contributed by atoms with van der Waals surface area (Å²) in [6, 6.07) is 9.93. The summed E-state index contributed by atoms with van der Waals surface area (Å²) in [5.74, 6) is 1.66. The maximum absolute atomic E-state index is 6.48. The summed E-state index contributed by atoms with van der Waals surface area (Å²) in [7, 11) is 0. The number of anilines is 1. The number of nitrogen functional groups attached to an aromatic ring is 1. The highest BCUT2D eigenvalue weighted by Gasteiger charge is 2.42. The highest BCUT2D eigenvalue weighted by Crippen LogP contribution is 2.35. The first-order valence-corrected chi connectivity index (χ1v) is 13.0. The molecule has 2 aliphatic heterocycles. The number of nitrogens with two attached hydrogens (primary N) is 1. The van der Waals surface area contributed by atoms with Gasteiger partial charge in [0.05, 0.1) is 30.6 Å². The lowest BCUT2D eigenvalue weighted by Gasteiger charge is -2.32. The predicted octanol–water partition coefficient (Wildman–Crippen LogP) is 3.52. The summed E-state index contributed by atoms with van der Waals surface area (Å²) in [6.07, 6.45) is 8.30. The molecule has 2 aliphatic rings. The third-order valence-electron chi connectivity index (χ3n) is 7.07. The van der Waals surface area contributed by atoms with E-state index in [-0.39, 0.29) is 17.6 Å². The van der Waals surface area contributed by atoms with Crippen LogP contribution in [0.25, 0.3) is 5.69 Å². The van der Waals surface area contributed by atoms with E-state index in [0.29, 0.717) is 30.8 Å².